The van der Waals surface area contributed by atoms with Gasteiger partial charge in [-0.1, -0.05) is 0 Å². The maximum atomic E-state index is 12.7. The van der Waals surface area contributed by atoms with Crippen molar-refractivity contribution in [3.63, 3.8) is 0 Å². The number of carboxylic acid groups (broad SMARTS) is 1. The Labute approximate surface area is 155 Å². The van der Waals surface area contributed by atoms with Crippen LogP contribution >= 0.6 is 0 Å². The predicted octanol–water partition coefficient (Wildman–Crippen LogP) is 3.63. The lowest BCUT2D eigenvalue weighted by Crippen LogP contribution is -2.44. The van der Waals surface area contributed by atoms with E-state index in [2.05, 4.69) is 9.97 Å². The summed E-state index contributed by atoms with van der Waals surface area (Å²) in [5.74, 6) is -0.136. The molecular formula is C17H22N4O6. The molecule has 0 fully saturated rings. The minimum atomic E-state index is -1.27. The third kappa shape index (κ3) is 4.72. The van der Waals surface area contributed by atoms with Gasteiger partial charge in [0.05, 0.1) is 5.39 Å². The highest BCUT2D eigenvalue weighted by molar-refractivity contribution is 6.13. The second kappa shape index (κ2) is 6.86. The third-order valence-corrected chi connectivity index (χ3v) is 3.03. The Bertz CT molecular complexity index is 863. The highest BCUT2D eigenvalue weighted by Gasteiger charge is 2.35. The molecule has 1 N–H and O–H groups in total. The summed E-state index contributed by atoms with van der Waals surface area (Å²) in [4.78, 5) is 45.2. The van der Waals surface area contributed by atoms with Crippen molar-refractivity contribution in [2.24, 2.45) is 0 Å². The largest absolute Gasteiger partial charge is 0.464 e. The summed E-state index contributed by atoms with van der Waals surface area (Å²) in [6.07, 6.45) is -0.970. The van der Waals surface area contributed by atoms with Crippen molar-refractivity contribution < 1.29 is 29.0 Å². The van der Waals surface area contributed by atoms with E-state index in [1.807, 2.05) is 0 Å². The zero-order chi connectivity index (χ0) is 20.6. The van der Waals surface area contributed by atoms with Crippen molar-refractivity contribution in [3.8, 4) is 0 Å². The minimum absolute atomic E-state index is 0.0182. The van der Waals surface area contributed by atoms with Crippen molar-refractivity contribution >= 4 is 35.1 Å². The monoisotopic (exact) mass is 378 g/mol. The molecule has 2 heterocycles. The third-order valence-electron chi connectivity index (χ3n) is 3.03. The topological polar surface area (TPSA) is 124 Å². The average molecular weight is 378 g/mol. The van der Waals surface area contributed by atoms with Gasteiger partial charge in [-0.3, -0.25) is 0 Å². The van der Waals surface area contributed by atoms with Crippen LogP contribution in [0.1, 0.15) is 41.5 Å². The molecule has 0 saturated heterocycles. The van der Waals surface area contributed by atoms with E-state index in [0.717, 1.165) is 10.9 Å². The van der Waals surface area contributed by atoms with Crippen molar-refractivity contribution in [3.05, 3.63) is 18.6 Å². The van der Waals surface area contributed by atoms with E-state index in [-0.39, 0.29) is 16.9 Å². The van der Waals surface area contributed by atoms with Gasteiger partial charge in [-0.15, -0.1) is 0 Å². The van der Waals surface area contributed by atoms with Gasteiger partial charge in [0.2, 0.25) is 0 Å². The number of nitrogens with zero attached hydrogens (tertiary/aromatic N) is 4. The molecule has 0 atom stereocenters. The van der Waals surface area contributed by atoms with Crippen molar-refractivity contribution in [2.75, 3.05) is 4.90 Å². The first kappa shape index (κ1) is 20.1. The number of carbonyl (C=O) groups excluding carboxylic acids is 2. The van der Waals surface area contributed by atoms with E-state index in [1.165, 1.54) is 12.3 Å². The first-order valence-corrected chi connectivity index (χ1v) is 8.11. The maximum absolute atomic E-state index is 12.7. The van der Waals surface area contributed by atoms with E-state index in [9.17, 15) is 19.5 Å². The molecule has 10 heteroatoms. The van der Waals surface area contributed by atoms with Crippen LogP contribution in [-0.2, 0) is 9.47 Å². The number of rotatable bonds is 1. The zero-order valence-corrected chi connectivity index (χ0v) is 16.0. The molecule has 0 radical (unpaired) electrons. The number of hydrogen-bond donors (Lipinski definition) is 1. The molecule has 0 aliphatic carbocycles. The molecule has 2 rings (SSSR count). The summed E-state index contributed by atoms with van der Waals surface area (Å²) in [5.41, 5.74) is -1.74. The zero-order valence-electron chi connectivity index (χ0n) is 16.0. The van der Waals surface area contributed by atoms with Crippen LogP contribution in [0.5, 0.6) is 0 Å². The van der Waals surface area contributed by atoms with Crippen LogP contribution in [0.25, 0.3) is 11.0 Å². The molecule has 2 aromatic heterocycles. The molecule has 0 aliphatic heterocycles. The molecule has 2 amide bonds. The Kier molecular flexibility index (Phi) is 5.12. The van der Waals surface area contributed by atoms with Gasteiger partial charge in [-0.25, -0.2) is 28.9 Å². The second-order valence-electron chi connectivity index (χ2n) is 7.70. The van der Waals surface area contributed by atoms with E-state index >= 15 is 0 Å². The van der Waals surface area contributed by atoms with Crippen LogP contribution in [0.4, 0.5) is 20.2 Å². The SMILES string of the molecule is CC(C)(C)OC(=O)N(C(=O)OC(C)(C)C)c1ncnc2c1ccn2C(=O)O. The Hall–Kier alpha value is -3.17. The molecule has 146 valence electrons. The van der Waals surface area contributed by atoms with Gasteiger partial charge in [0.1, 0.15) is 17.5 Å². The number of hydrogen-bond acceptors (Lipinski definition) is 7. The number of anilines is 1. The molecular weight excluding hydrogens is 356 g/mol. The van der Waals surface area contributed by atoms with Crippen molar-refractivity contribution in [1.82, 2.24) is 14.5 Å². The lowest BCUT2D eigenvalue weighted by molar-refractivity contribution is 0.0429. The molecule has 0 spiro atoms. The van der Waals surface area contributed by atoms with Crippen LogP contribution in [-0.4, -0.2) is 49.1 Å². The molecule has 0 unspecified atom stereocenters. The molecule has 0 aliphatic rings. The van der Waals surface area contributed by atoms with E-state index in [1.54, 1.807) is 41.5 Å². The van der Waals surface area contributed by atoms with Gasteiger partial charge in [-0.2, -0.15) is 4.90 Å². The van der Waals surface area contributed by atoms with Gasteiger partial charge in [0, 0.05) is 6.20 Å². The smallest absolute Gasteiger partial charge is 0.425 e. The summed E-state index contributed by atoms with van der Waals surface area (Å²) in [5, 5.41) is 9.41. The van der Waals surface area contributed by atoms with Crippen LogP contribution in [0.15, 0.2) is 18.6 Å². The first-order chi connectivity index (χ1) is 12.3. The first-order valence-electron chi connectivity index (χ1n) is 8.11. The van der Waals surface area contributed by atoms with E-state index in [0.29, 0.717) is 4.90 Å². The molecule has 2 aromatic rings. The van der Waals surface area contributed by atoms with Crippen molar-refractivity contribution in [2.45, 2.75) is 52.7 Å². The molecule has 0 aromatic carbocycles. The number of imide groups is 1. The highest BCUT2D eigenvalue weighted by Crippen LogP contribution is 2.27. The molecule has 27 heavy (non-hydrogen) atoms. The van der Waals surface area contributed by atoms with Crippen LogP contribution < -0.4 is 4.90 Å². The summed E-state index contributed by atoms with van der Waals surface area (Å²) in [6.45, 7) is 9.88. The van der Waals surface area contributed by atoms with Crippen LogP contribution in [0.2, 0.25) is 0 Å². The average Bonchev–Trinajstić information content (AvgIpc) is 2.88. The highest BCUT2D eigenvalue weighted by atomic mass is 16.6. The fourth-order valence-electron chi connectivity index (χ4n) is 2.13. The van der Waals surface area contributed by atoms with Gasteiger partial charge in [0.25, 0.3) is 0 Å². The Morgan fingerprint density at radius 1 is 1.00 bits per heavy atom. The van der Waals surface area contributed by atoms with E-state index in [4.69, 9.17) is 9.47 Å². The fourth-order valence-corrected chi connectivity index (χ4v) is 2.13. The van der Waals surface area contributed by atoms with Gasteiger partial charge < -0.3 is 14.6 Å². The van der Waals surface area contributed by atoms with Crippen LogP contribution in [0.3, 0.4) is 0 Å². The number of carbonyl (C=O) groups is 3. The second-order valence-corrected chi connectivity index (χ2v) is 7.70. The summed E-state index contributed by atoms with van der Waals surface area (Å²) >= 11 is 0. The molecule has 0 bridgehead atoms. The summed E-state index contributed by atoms with van der Waals surface area (Å²) in [6, 6.07) is 1.39. The number of fused-ring (bicyclic) bond motifs is 1. The predicted molar refractivity (Wildman–Crippen MR) is 95.9 cm³/mol. The quantitative estimate of drug-likeness (QED) is 0.797. The van der Waals surface area contributed by atoms with Crippen LogP contribution in [0, 0.1) is 0 Å². The number of aromatic nitrogens is 3. The van der Waals surface area contributed by atoms with Gasteiger partial charge in [0.15, 0.2) is 11.5 Å². The Morgan fingerprint density at radius 2 is 1.52 bits per heavy atom. The Balaban J connectivity index is 2.60. The Morgan fingerprint density at radius 3 is 1.96 bits per heavy atom. The molecule has 0 saturated carbocycles. The summed E-state index contributed by atoms with van der Waals surface area (Å²) in [7, 11) is 0. The van der Waals surface area contributed by atoms with Gasteiger partial charge in [-0.05, 0) is 47.6 Å². The molecule has 10 nitrogen and oxygen atoms in total. The normalized spacial score (nSPS) is 11.9. The lowest BCUT2D eigenvalue weighted by Gasteiger charge is -2.28. The summed E-state index contributed by atoms with van der Waals surface area (Å²) < 4.78 is 11.4. The van der Waals surface area contributed by atoms with Gasteiger partial charge >= 0.3 is 18.3 Å². The maximum Gasteiger partial charge on any atom is 0.425 e. The standard InChI is InChI=1S/C17H22N4O6/c1-16(2,3)26-14(24)21(15(25)27-17(4,5)6)12-10-7-8-20(13(22)23)11(10)18-9-19-12/h7-9H,1-6H3,(H,22,23). The lowest BCUT2D eigenvalue weighted by atomic mass is 10.2. The number of ether oxygens (including phenoxy) is 2. The van der Waals surface area contributed by atoms with Crippen molar-refractivity contribution in [1.29, 1.82) is 0 Å². The van der Waals surface area contributed by atoms with E-state index < -0.39 is 29.5 Å². The minimum Gasteiger partial charge on any atom is -0.464 e. The number of amides is 2. The fraction of sp³-hybridized carbons (Fsp3) is 0.471.